The van der Waals surface area contributed by atoms with Crippen molar-refractivity contribution in [3.63, 3.8) is 0 Å². The van der Waals surface area contributed by atoms with Gasteiger partial charge in [0.15, 0.2) is 0 Å². The molecule has 2 aliphatic heterocycles. The second-order valence-electron chi connectivity index (χ2n) is 6.54. The van der Waals surface area contributed by atoms with Crippen molar-refractivity contribution in [2.75, 3.05) is 45.7 Å². The van der Waals surface area contributed by atoms with E-state index in [4.69, 9.17) is 15.2 Å². The minimum Gasteiger partial charge on any atom is -0.492 e. The van der Waals surface area contributed by atoms with E-state index in [9.17, 15) is 4.79 Å². The largest absolute Gasteiger partial charge is 0.492 e. The number of rotatable bonds is 6. The normalized spacial score (nSPS) is 18.2. The van der Waals surface area contributed by atoms with Gasteiger partial charge in [-0.05, 0) is 31.4 Å². The van der Waals surface area contributed by atoms with Crippen molar-refractivity contribution in [1.29, 1.82) is 0 Å². The Morgan fingerprint density at radius 2 is 2.21 bits per heavy atom. The van der Waals surface area contributed by atoms with Crippen LogP contribution in [0.1, 0.15) is 35.2 Å². The number of nitrogens with one attached hydrogen (secondary N) is 1. The highest BCUT2D eigenvalue weighted by Gasteiger charge is 2.26. The van der Waals surface area contributed by atoms with Gasteiger partial charge in [0.1, 0.15) is 5.75 Å². The molecule has 0 unspecified atom stereocenters. The Hall–Kier alpha value is -1.79. The Balaban J connectivity index is 1.53. The lowest BCUT2D eigenvalue weighted by Crippen LogP contribution is -2.45. The number of nitrogens with zero attached hydrogens (tertiary/aromatic N) is 1. The van der Waals surface area contributed by atoms with Gasteiger partial charge in [-0.15, -0.1) is 0 Å². The second-order valence-corrected chi connectivity index (χ2v) is 6.54. The topological polar surface area (TPSA) is 76.8 Å². The second kappa shape index (κ2) is 7.85. The molecule has 0 atom stereocenters. The number of fused-ring (bicyclic) bond motifs is 1. The summed E-state index contributed by atoms with van der Waals surface area (Å²) in [6.07, 6.45) is 3.80. The lowest BCUT2D eigenvalue weighted by Gasteiger charge is -2.32. The summed E-state index contributed by atoms with van der Waals surface area (Å²) in [5, 5.41) is 3.16. The van der Waals surface area contributed by atoms with Crippen LogP contribution in [0.4, 0.5) is 5.69 Å². The molecule has 6 nitrogen and oxygen atoms in total. The monoisotopic (exact) mass is 333 g/mol. The molecule has 1 aromatic rings. The number of nitrogen functional groups attached to an aromatic ring is 1. The maximum atomic E-state index is 12.6. The Morgan fingerprint density at radius 1 is 1.42 bits per heavy atom. The number of ether oxygens (including phenoxy) is 2. The van der Waals surface area contributed by atoms with Crippen LogP contribution in [0.2, 0.25) is 0 Å². The average Bonchev–Trinajstić information content (AvgIpc) is 3.07. The van der Waals surface area contributed by atoms with E-state index in [1.807, 2.05) is 0 Å². The number of methoxy groups -OCH3 is 1. The van der Waals surface area contributed by atoms with Crippen molar-refractivity contribution < 1.29 is 14.3 Å². The van der Waals surface area contributed by atoms with Crippen LogP contribution < -0.4 is 15.8 Å². The molecule has 3 rings (SSSR count). The lowest BCUT2D eigenvalue weighted by atomic mass is 10.0. The smallest absolute Gasteiger partial charge is 0.255 e. The van der Waals surface area contributed by atoms with Gasteiger partial charge in [0.05, 0.1) is 12.2 Å². The summed E-state index contributed by atoms with van der Waals surface area (Å²) in [6.45, 7) is 4.51. The van der Waals surface area contributed by atoms with Crippen molar-refractivity contribution in [3.05, 3.63) is 23.3 Å². The van der Waals surface area contributed by atoms with Crippen LogP contribution in [-0.4, -0.2) is 56.8 Å². The molecule has 132 valence electrons. The van der Waals surface area contributed by atoms with Gasteiger partial charge < -0.3 is 25.4 Å². The number of carbonyl (C=O) groups is 1. The molecule has 2 aliphatic rings. The Labute approximate surface area is 143 Å². The van der Waals surface area contributed by atoms with E-state index >= 15 is 0 Å². The van der Waals surface area contributed by atoms with E-state index in [1.165, 1.54) is 0 Å². The molecule has 6 heteroatoms. The Kier molecular flexibility index (Phi) is 5.58. The number of nitrogens with two attached hydrogens (primary N) is 1. The molecule has 1 aromatic carbocycles. The predicted octanol–water partition coefficient (Wildman–Crippen LogP) is 1.43. The van der Waals surface area contributed by atoms with Gasteiger partial charge in [-0.3, -0.25) is 4.79 Å². The van der Waals surface area contributed by atoms with E-state index < -0.39 is 0 Å². The summed E-state index contributed by atoms with van der Waals surface area (Å²) in [7, 11) is 1.74. The summed E-state index contributed by atoms with van der Waals surface area (Å²) in [5.41, 5.74) is 8.25. The van der Waals surface area contributed by atoms with E-state index in [0.29, 0.717) is 23.6 Å². The van der Waals surface area contributed by atoms with Gasteiger partial charge in [-0.25, -0.2) is 0 Å². The molecule has 2 heterocycles. The molecule has 0 radical (unpaired) electrons. The van der Waals surface area contributed by atoms with Crippen LogP contribution in [0, 0.1) is 0 Å². The highest BCUT2D eigenvalue weighted by Crippen LogP contribution is 2.34. The van der Waals surface area contributed by atoms with Crippen LogP contribution in [0.3, 0.4) is 0 Å². The number of hydrogen-bond donors (Lipinski definition) is 2. The van der Waals surface area contributed by atoms with Gasteiger partial charge in [0.2, 0.25) is 0 Å². The van der Waals surface area contributed by atoms with Crippen LogP contribution in [0.25, 0.3) is 0 Å². The quantitative estimate of drug-likeness (QED) is 0.608. The number of hydrogen-bond acceptors (Lipinski definition) is 5. The van der Waals surface area contributed by atoms with Crippen molar-refractivity contribution >= 4 is 11.6 Å². The van der Waals surface area contributed by atoms with Crippen molar-refractivity contribution in [1.82, 2.24) is 10.2 Å². The van der Waals surface area contributed by atoms with E-state index in [-0.39, 0.29) is 11.9 Å². The first-order chi connectivity index (χ1) is 11.7. The third kappa shape index (κ3) is 3.82. The highest BCUT2D eigenvalue weighted by molar-refractivity contribution is 5.98. The van der Waals surface area contributed by atoms with Crippen LogP contribution in [0.5, 0.6) is 5.75 Å². The molecule has 3 N–H and O–H groups in total. The fraction of sp³-hybridized carbons (Fsp3) is 0.611. The molecule has 0 aromatic heterocycles. The SMILES string of the molecule is COCCCN1CCC(NC(=O)c2ccc(N)c3c2OCC3)CC1. The maximum absolute atomic E-state index is 12.6. The molecule has 24 heavy (non-hydrogen) atoms. The molecule has 0 aliphatic carbocycles. The van der Waals surface area contributed by atoms with Gasteiger partial charge in [0.25, 0.3) is 5.91 Å². The zero-order valence-electron chi connectivity index (χ0n) is 14.3. The fourth-order valence-electron chi connectivity index (χ4n) is 3.50. The average molecular weight is 333 g/mol. The molecule has 1 fully saturated rings. The number of piperidine rings is 1. The number of likely N-dealkylation sites (tertiary alicyclic amines) is 1. The van der Waals surface area contributed by atoms with Gasteiger partial charge in [-0.2, -0.15) is 0 Å². The van der Waals surface area contributed by atoms with Gasteiger partial charge in [0, 0.05) is 57.1 Å². The minimum absolute atomic E-state index is 0.0500. The molecule has 0 saturated carbocycles. The van der Waals surface area contributed by atoms with E-state index in [2.05, 4.69) is 10.2 Å². The summed E-state index contributed by atoms with van der Waals surface area (Å²) < 4.78 is 10.7. The zero-order chi connectivity index (χ0) is 16.9. The van der Waals surface area contributed by atoms with Crippen molar-refractivity contribution in [3.8, 4) is 5.75 Å². The maximum Gasteiger partial charge on any atom is 0.255 e. The zero-order valence-corrected chi connectivity index (χ0v) is 14.3. The van der Waals surface area contributed by atoms with Crippen LogP contribution >= 0.6 is 0 Å². The summed E-state index contributed by atoms with van der Waals surface area (Å²) >= 11 is 0. The molecule has 1 saturated heterocycles. The highest BCUT2D eigenvalue weighted by atomic mass is 16.5. The first-order valence-corrected chi connectivity index (χ1v) is 8.75. The lowest BCUT2D eigenvalue weighted by molar-refractivity contribution is 0.0904. The van der Waals surface area contributed by atoms with Crippen LogP contribution in [-0.2, 0) is 11.2 Å². The van der Waals surface area contributed by atoms with Gasteiger partial charge in [-0.1, -0.05) is 0 Å². The third-order valence-electron chi connectivity index (χ3n) is 4.89. The number of amides is 1. The Bertz CT molecular complexity index is 583. The molecular weight excluding hydrogens is 306 g/mol. The minimum atomic E-state index is -0.0500. The van der Waals surface area contributed by atoms with Crippen molar-refractivity contribution in [2.24, 2.45) is 0 Å². The fourth-order valence-corrected chi connectivity index (χ4v) is 3.50. The molecule has 1 amide bonds. The summed E-state index contributed by atoms with van der Waals surface area (Å²) in [4.78, 5) is 15.1. The molecule has 0 bridgehead atoms. The summed E-state index contributed by atoms with van der Waals surface area (Å²) in [5.74, 6) is 0.621. The molecule has 0 spiro atoms. The Morgan fingerprint density at radius 3 is 2.96 bits per heavy atom. The van der Waals surface area contributed by atoms with E-state index in [1.54, 1.807) is 19.2 Å². The number of anilines is 1. The standard InChI is InChI=1S/C18H27N3O3/c1-23-11-2-8-21-9-5-13(6-10-21)20-18(22)15-3-4-16(19)14-7-12-24-17(14)15/h3-4,13H,2,5-12,19H2,1H3,(H,20,22). The first-order valence-electron chi connectivity index (χ1n) is 8.75. The molecular formula is C18H27N3O3. The van der Waals surface area contributed by atoms with Gasteiger partial charge >= 0.3 is 0 Å². The first kappa shape index (κ1) is 17.0. The van der Waals surface area contributed by atoms with E-state index in [0.717, 1.165) is 57.5 Å². The van der Waals surface area contributed by atoms with Crippen molar-refractivity contribution in [2.45, 2.75) is 31.7 Å². The predicted molar refractivity (Wildman–Crippen MR) is 93.5 cm³/mol. The third-order valence-corrected chi connectivity index (χ3v) is 4.89. The van der Waals surface area contributed by atoms with Crippen LogP contribution in [0.15, 0.2) is 12.1 Å². The number of benzene rings is 1. The summed E-state index contributed by atoms with van der Waals surface area (Å²) in [6, 6.07) is 3.81. The number of carbonyl (C=O) groups excluding carboxylic acids is 1.